The Kier molecular flexibility index (Phi) is 4.24. The molecule has 0 aromatic heterocycles. The Hall–Kier alpha value is -2.49. The summed E-state index contributed by atoms with van der Waals surface area (Å²) in [6.07, 6.45) is 2.21. The Morgan fingerprint density at radius 2 is 1.83 bits per heavy atom. The van der Waals surface area contributed by atoms with Crippen molar-refractivity contribution in [3.63, 3.8) is 0 Å². The number of rotatable bonds is 6. The fourth-order valence-electron chi connectivity index (χ4n) is 2.85. The molecule has 23 heavy (non-hydrogen) atoms. The van der Waals surface area contributed by atoms with Crippen molar-refractivity contribution < 1.29 is 14.3 Å². The van der Waals surface area contributed by atoms with Gasteiger partial charge in [-0.3, -0.25) is 4.79 Å². The van der Waals surface area contributed by atoms with E-state index in [0.717, 1.165) is 12.8 Å². The largest absolute Gasteiger partial charge is 0.497 e. The van der Waals surface area contributed by atoms with Crippen molar-refractivity contribution in [2.45, 2.75) is 18.3 Å². The van der Waals surface area contributed by atoms with Crippen molar-refractivity contribution in [2.24, 2.45) is 0 Å². The number of methoxy groups -OCH3 is 2. The fourth-order valence-corrected chi connectivity index (χ4v) is 2.85. The number of carbonyl (C=O) groups is 1. The third-order valence-corrected chi connectivity index (χ3v) is 4.48. The van der Waals surface area contributed by atoms with Crippen LogP contribution >= 0.6 is 0 Å². The zero-order valence-electron chi connectivity index (χ0n) is 13.5. The molecule has 0 spiro atoms. The quantitative estimate of drug-likeness (QED) is 0.891. The van der Waals surface area contributed by atoms with Gasteiger partial charge in [-0.15, -0.1) is 0 Å². The van der Waals surface area contributed by atoms with E-state index in [9.17, 15) is 4.79 Å². The van der Waals surface area contributed by atoms with Crippen LogP contribution in [-0.4, -0.2) is 26.7 Å². The minimum absolute atomic E-state index is 0.0863. The lowest BCUT2D eigenvalue weighted by molar-refractivity contribution is 0.0946. The maximum absolute atomic E-state index is 12.6. The second kappa shape index (κ2) is 6.32. The summed E-state index contributed by atoms with van der Waals surface area (Å²) >= 11 is 0. The van der Waals surface area contributed by atoms with Gasteiger partial charge in [0.05, 0.1) is 19.8 Å². The molecule has 4 heteroatoms. The highest BCUT2D eigenvalue weighted by molar-refractivity contribution is 5.97. The predicted octanol–water partition coefficient (Wildman–Crippen LogP) is 3.17. The van der Waals surface area contributed by atoms with Gasteiger partial charge in [0.1, 0.15) is 11.5 Å². The summed E-state index contributed by atoms with van der Waals surface area (Å²) in [6.45, 7) is 0.635. The molecule has 2 aromatic rings. The molecule has 0 aliphatic heterocycles. The van der Waals surface area contributed by atoms with Gasteiger partial charge in [0.2, 0.25) is 0 Å². The van der Waals surface area contributed by atoms with Crippen LogP contribution in [0.2, 0.25) is 0 Å². The Morgan fingerprint density at radius 3 is 2.43 bits per heavy atom. The Labute approximate surface area is 136 Å². The van der Waals surface area contributed by atoms with Gasteiger partial charge in [-0.25, -0.2) is 0 Å². The molecule has 0 bridgehead atoms. The van der Waals surface area contributed by atoms with E-state index in [1.165, 1.54) is 5.56 Å². The molecule has 0 radical (unpaired) electrons. The van der Waals surface area contributed by atoms with Crippen LogP contribution in [0.1, 0.15) is 28.8 Å². The fraction of sp³-hybridized carbons (Fsp3) is 0.316. The van der Waals surface area contributed by atoms with Gasteiger partial charge in [-0.05, 0) is 36.6 Å². The lowest BCUT2D eigenvalue weighted by atomic mass is 9.96. The van der Waals surface area contributed by atoms with Gasteiger partial charge in [0.25, 0.3) is 5.91 Å². The van der Waals surface area contributed by atoms with Crippen LogP contribution in [0.4, 0.5) is 0 Å². The first-order chi connectivity index (χ1) is 11.2. The lowest BCUT2D eigenvalue weighted by Crippen LogP contribution is -2.32. The number of nitrogens with one attached hydrogen (secondary N) is 1. The lowest BCUT2D eigenvalue weighted by Gasteiger charge is -2.17. The van der Waals surface area contributed by atoms with Crippen molar-refractivity contribution in [3.8, 4) is 11.5 Å². The molecular weight excluding hydrogens is 290 g/mol. The van der Waals surface area contributed by atoms with E-state index >= 15 is 0 Å². The molecule has 2 aromatic carbocycles. The molecule has 120 valence electrons. The predicted molar refractivity (Wildman–Crippen MR) is 89.2 cm³/mol. The van der Waals surface area contributed by atoms with Crippen LogP contribution in [0.15, 0.2) is 48.5 Å². The van der Waals surface area contributed by atoms with Gasteiger partial charge in [-0.1, -0.05) is 30.3 Å². The maximum atomic E-state index is 12.6. The molecule has 1 fully saturated rings. The van der Waals surface area contributed by atoms with Crippen molar-refractivity contribution >= 4 is 5.91 Å². The highest BCUT2D eigenvalue weighted by Crippen LogP contribution is 2.47. The second-order valence-electron chi connectivity index (χ2n) is 5.90. The van der Waals surface area contributed by atoms with E-state index in [2.05, 4.69) is 17.4 Å². The number of hydrogen-bond donors (Lipinski definition) is 1. The average Bonchev–Trinajstić information content (AvgIpc) is 3.41. The first-order valence-electron chi connectivity index (χ1n) is 7.74. The summed E-state index contributed by atoms with van der Waals surface area (Å²) in [5.41, 5.74) is 1.87. The molecule has 1 saturated carbocycles. The van der Waals surface area contributed by atoms with E-state index < -0.39 is 0 Å². The molecule has 0 unspecified atom stereocenters. The summed E-state index contributed by atoms with van der Waals surface area (Å²) in [7, 11) is 3.14. The van der Waals surface area contributed by atoms with E-state index in [-0.39, 0.29) is 11.3 Å². The van der Waals surface area contributed by atoms with E-state index in [4.69, 9.17) is 9.47 Å². The van der Waals surface area contributed by atoms with Crippen molar-refractivity contribution in [1.29, 1.82) is 0 Å². The number of hydrogen-bond acceptors (Lipinski definition) is 3. The van der Waals surface area contributed by atoms with Crippen LogP contribution in [0.25, 0.3) is 0 Å². The van der Waals surface area contributed by atoms with Crippen LogP contribution in [-0.2, 0) is 5.41 Å². The highest BCUT2D eigenvalue weighted by atomic mass is 16.5. The zero-order chi connectivity index (χ0) is 16.3. The first-order valence-corrected chi connectivity index (χ1v) is 7.74. The molecule has 4 nitrogen and oxygen atoms in total. The summed E-state index contributed by atoms with van der Waals surface area (Å²) in [5.74, 6) is 1.05. The molecule has 3 rings (SSSR count). The van der Waals surface area contributed by atoms with E-state index in [1.54, 1.807) is 32.4 Å². The third-order valence-electron chi connectivity index (χ3n) is 4.48. The first kappa shape index (κ1) is 15.4. The number of ether oxygens (including phenoxy) is 2. The van der Waals surface area contributed by atoms with Gasteiger partial charge >= 0.3 is 0 Å². The summed E-state index contributed by atoms with van der Waals surface area (Å²) in [6, 6.07) is 15.6. The van der Waals surface area contributed by atoms with Gasteiger partial charge in [-0.2, -0.15) is 0 Å². The number of benzene rings is 2. The van der Waals surface area contributed by atoms with Crippen molar-refractivity contribution in [2.75, 3.05) is 20.8 Å². The molecular formula is C19H21NO3. The molecule has 0 saturated heterocycles. The highest BCUT2D eigenvalue weighted by Gasteiger charge is 2.44. The van der Waals surface area contributed by atoms with Crippen LogP contribution in [0, 0.1) is 0 Å². The summed E-state index contributed by atoms with van der Waals surface area (Å²) in [4.78, 5) is 12.6. The van der Waals surface area contributed by atoms with Gasteiger partial charge in [0, 0.05) is 12.0 Å². The van der Waals surface area contributed by atoms with Crippen LogP contribution in [0.5, 0.6) is 11.5 Å². The standard InChI is InChI=1S/C19H21NO3/c1-22-15-8-9-17(23-2)16(12-15)18(21)20-13-19(10-11-19)14-6-4-3-5-7-14/h3-9,12H,10-11,13H2,1-2H3,(H,20,21). The van der Waals surface area contributed by atoms with Crippen molar-refractivity contribution in [1.82, 2.24) is 5.32 Å². The Bertz CT molecular complexity index is 693. The van der Waals surface area contributed by atoms with E-state index in [1.807, 2.05) is 18.2 Å². The SMILES string of the molecule is COc1ccc(OC)c(C(=O)NCC2(c3ccccc3)CC2)c1. The monoisotopic (exact) mass is 311 g/mol. The van der Waals surface area contributed by atoms with Gasteiger partial charge < -0.3 is 14.8 Å². The molecule has 0 heterocycles. The van der Waals surface area contributed by atoms with Gasteiger partial charge in [0.15, 0.2) is 0 Å². The Balaban J connectivity index is 1.73. The maximum Gasteiger partial charge on any atom is 0.255 e. The Morgan fingerprint density at radius 1 is 1.09 bits per heavy atom. The molecule has 0 atom stereocenters. The second-order valence-corrected chi connectivity index (χ2v) is 5.90. The smallest absolute Gasteiger partial charge is 0.255 e. The molecule has 1 aliphatic carbocycles. The topological polar surface area (TPSA) is 47.6 Å². The molecule has 1 aliphatic rings. The minimum Gasteiger partial charge on any atom is -0.497 e. The normalized spacial score (nSPS) is 14.9. The minimum atomic E-state index is -0.136. The average molecular weight is 311 g/mol. The summed E-state index contributed by atoms with van der Waals surface area (Å²) < 4.78 is 10.5. The van der Waals surface area contributed by atoms with Crippen molar-refractivity contribution in [3.05, 3.63) is 59.7 Å². The summed E-state index contributed by atoms with van der Waals surface area (Å²) in [5, 5.41) is 3.05. The number of carbonyl (C=O) groups excluding carboxylic acids is 1. The number of amides is 1. The molecule has 1 amide bonds. The third kappa shape index (κ3) is 3.16. The van der Waals surface area contributed by atoms with E-state index in [0.29, 0.717) is 23.6 Å². The zero-order valence-corrected chi connectivity index (χ0v) is 13.5. The van der Waals surface area contributed by atoms with Crippen LogP contribution < -0.4 is 14.8 Å². The molecule has 1 N–H and O–H groups in total. The van der Waals surface area contributed by atoms with Crippen LogP contribution in [0.3, 0.4) is 0 Å².